The van der Waals surface area contributed by atoms with Gasteiger partial charge >= 0.3 is 0 Å². The van der Waals surface area contributed by atoms with Gasteiger partial charge in [-0.2, -0.15) is 0 Å². The topological polar surface area (TPSA) is 26.0 Å². The zero-order chi connectivity index (χ0) is 12.2. The van der Waals surface area contributed by atoms with E-state index in [-0.39, 0.29) is 0 Å². The summed E-state index contributed by atoms with van der Waals surface area (Å²) in [6.07, 6.45) is 2.27. The van der Waals surface area contributed by atoms with Crippen molar-refractivity contribution in [2.75, 3.05) is 6.54 Å². The highest BCUT2D eigenvalue weighted by molar-refractivity contribution is 6.31. The smallest absolute Gasteiger partial charge is 0.0441 e. The summed E-state index contributed by atoms with van der Waals surface area (Å²) in [5, 5.41) is 0.840. The maximum Gasteiger partial charge on any atom is 0.0441 e. The van der Waals surface area contributed by atoms with E-state index >= 15 is 0 Å². The van der Waals surface area contributed by atoms with Gasteiger partial charge in [0.1, 0.15) is 0 Å². The van der Waals surface area contributed by atoms with Crippen LogP contribution in [0, 0.1) is 5.41 Å². The van der Waals surface area contributed by atoms with Crippen molar-refractivity contribution < 1.29 is 0 Å². The molecule has 1 nitrogen and oxygen atoms in total. The Labute approximate surface area is 104 Å². The third-order valence-corrected chi connectivity index (χ3v) is 3.22. The van der Waals surface area contributed by atoms with Gasteiger partial charge in [0, 0.05) is 5.02 Å². The van der Waals surface area contributed by atoms with Crippen LogP contribution in [0.4, 0.5) is 0 Å². The van der Waals surface area contributed by atoms with Crippen LogP contribution in [0.25, 0.3) is 0 Å². The molecule has 0 bridgehead atoms. The lowest BCUT2D eigenvalue weighted by atomic mass is 9.84. The van der Waals surface area contributed by atoms with Crippen molar-refractivity contribution in [1.29, 1.82) is 0 Å². The monoisotopic (exact) mass is 239 g/mol. The molecule has 1 aromatic carbocycles. The van der Waals surface area contributed by atoms with E-state index in [2.05, 4.69) is 26.8 Å². The Hall–Kier alpha value is -0.530. The second-order valence-electron chi connectivity index (χ2n) is 5.55. The molecule has 0 aliphatic carbocycles. The molecular weight excluding hydrogens is 218 g/mol. The second-order valence-corrected chi connectivity index (χ2v) is 5.96. The van der Waals surface area contributed by atoms with Gasteiger partial charge in [0.25, 0.3) is 0 Å². The van der Waals surface area contributed by atoms with E-state index < -0.39 is 0 Å². The predicted molar refractivity (Wildman–Crippen MR) is 71.9 cm³/mol. The summed E-state index contributed by atoms with van der Waals surface area (Å²) in [5.74, 6) is 0.382. The number of halogens is 1. The molecule has 0 heterocycles. The molecule has 0 aliphatic heterocycles. The van der Waals surface area contributed by atoms with Crippen molar-refractivity contribution in [2.45, 2.75) is 39.5 Å². The molecule has 0 saturated heterocycles. The summed E-state index contributed by atoms with van der Waals surface area (Å²) in [6.45, 7) is 7.44. The fourth-order valence-corrected chi connectivity index (χ4v) is 2.10. The van der Waals surface area contributed by atoms with Crippen LogP contribution >= 0.6 is 11.6 Å². The molecule has 0 radical (unpaired) electrons. The van der Waals surface area contributed by atoms with Gasteiger partial charge in [-0.15, -0.1) is 0 Å². The Morgan fingerprint density at radius 3 is 2.38 bits per heavy atom. The van der Waals surface area contributed by atoms with Gasteiger partial charge in [-0.1, -0.05) is 50.6 Å². The quantitative estimate of drug-likeness (QED) is 0.837. The van der Waals surface area contributed by atoms with Crippen LogP contribution in [0.15, 0.2) is 24.3 Å². The Morgan fingerprint density at radius 1 is 1.25 bits per heavy atom. The van der Waals surface area contributed by atoms with E-state index in [9.17, 15) is 0 Å². The minimum atomic E-state index is 0.356. The van der Waals surface area contributed by atoms with Crippen LogP contribution < -0.4 is 5.73 Å². The maximum absolute atomic E-state index is 6.19. The van der Waals surface area contributed by atoms with Crippen LogP contribution in [0.3, 0.4) is 0 Å². The third-order valence-electron chi connectivity index (χ3n) is 2.87. The van der Waals surface area contributed by atoms with Crippen LogP contribution in [0.1, 0.15) is 45.1 Å². The molecule has 0 fully saturated rings. The van der Waals surface area contributed by atoms with Gasteiger partial charge in [0.2, 0.25) is 0 Å². The molecule has 16 heavy (non-hydrogen) atoms. The van der Waals surface area contributed by atoms with Gasteiger partial charge in [0.15, 0.2) is 0 Å². The zero-order valence-corrected chi connectivity index (χ0v) is 11.2. The number of nitrogens with two attached hydrogens (primary N) is 1. The molecule has 0 saturated carbocycles. The highest BCUT2D eigenvalue weighted by atomic mass is 35.5. The van der Waals surface area contributed by atoms with E-state index in [1.165, 1.54) is 12.0 Å². The molecule has 0 spiro atoms. The van der Waals surface area contributed by atoms with Crippen molar-refractivity contribution in [1.82, 2.24) is 0 Å². The zero-order valence-electron chi connectivity index (χ0n) is 10.5. The average molecular weight is 240 g/mol. The first-order valence-electron chi connectivity index (χ1n) is 5.88. The van der Waals surface area contributed by atoms with Crippen molar-refractivity contribution in [3.05, 3.63) is 34.9 Å². The van der Waals surface area contributed by atoms with Crippen molar-refractivity contribution in [3.63, 3.8) is 0 Å². The first-order chi connectivity index (χ1) is 7.44. The second kappa shape index (κ2) is 5.70. The van der Waals surface area contributed by atoms with E-state index in [0.717, 1.165) is 11.4 Å². The predicted octanol–water partition coefficient (Wildman–Crippen LogP) is 4.21. The normalized spacial score (nSPS) is 13.8. The number of hydrogen-bond donors (Lipinski definition) is 1. The fourth-order valence-electron chi connectivity index (χ4n) is 1.81. The first kappa shape index (κ1) is 13.5. The maximum atomic E-state index is 6.19. The molecule has 1 unspecified atom stereocenters. The minimum Gasteiger partial charge on any atom is -0.330 e. The van der Waals surface area contributed by atoms with Gasteiger partial charge in [-0.05, 0) is 42.3 Å². The lowest BCUT2D eigenvalue weighted by Crippen LogP contribution is -2.16. The van der Waals surface area contributed by atoms with Gasteiger partial charge in [-0.3, -0.25) is 0 Å². The van der Waals surface area contributed by atoms with Crippen LogP contribution in [-0.4, -0.2) is 6.54 Å². The summed E-state index contributed by atoms with van der Waals surface area (Å²) >= 11 is 6.19. The van der Waals surface area contributed by atoms with Crippen molar-refractivity contribution in [2.24, 2.45) is 11.1 Å². The lowest BCUT2D eigenvalue weighted by Gasteiger charge is -2.23. The highest BCUT2D eigenvalue weighted by Gasteiger charge is 2.17. The van der Waals surface area contributed by atoms with E-state index in [0.29, 0.717) is 17.9 Å². The van der Waals surface area contributed by atoms with E-state index in [1.807, 2.05) is 18.2 Å². The largest absolute Gasteiger partial charge is 0.330 e. The fraction of sp³-hybridized carbons (Fsp3) is 0.571. The average Bonchev–Trinajstić information content (AvgIpc) is 2.20. The van der Waals surface area contributed by atoms with Crippen LogP contribution in [0.5, 0.6) is 0 Å². The van der Waals surface area contributed by atoms with Gasteiger partial charge in [0.05, 0.1) is 0 Å². The third kappa shape index (κ3) is 4.15. The standard InChI is InChI=1S/C14H22ClN/c1-14(2,3)9-8-11(10-16)12-6-4-5-7-13(12)15/h4-7,11H,8-10,16H2,1-3H3. The molecule has 0 aliphatic rings. The summed E-state index contributed by atoms with van der Waals surface area (Å²) in [6, 6.07) is 8.02. The van der Waals surface area contributed by atoms with Crippen LogP contribution in [0.2, 0.25) is 5.02 Å². The Bertz CT molecular complexity index is 328. The number of benzene rings is 1. The number of hydrogen-bond acceptors (Lipinski definition) is 1. The molecule has 1 aromatic rings. The van der Waals surface area contributed by atoms with Crippen LogP contribution in [-0.2, 0) is 0 Å². The summed E-state index contributed by atoms with van der Waals surface area (Å²) in [7, 11) is 0. The Kier molecular flexibility index (Phi) is 4.82. The van der Waals surface area contributed by atoms with E-state index in [1.54, 1.807) is 0 Å². The molecule has 2 heteroatoms. The summed E-state index contributed by atoms with van der Waals surface area (Å²) < 4.78 is 0. The minimum absolute atomic E-state index is 0.356. The number of rotatable bonds is 4. The van der Waals surface area contributed by atoms with Crippen molar-refractivity contribution >= 4 is 11.6 Å². The molecule has 0 aromatic heterocycles. The summed E-state index contributed by atoms with van der Waals surface area (Å²) in [5.41, 5.74) is 7.39. The first-order valence-corrected chi connectivity index (χ1v) is 6.26. The molecular formula is C14H22ClN. The molecule has 1 atom stereocenters. The SMILES string of the molecule is CC(C)(C)CCC(CN)c1ccccc1Cl. The van der Waals surface area contributed by atoms with Gasteiger partial charge in [-0.25, -0.2) is 0 Å². The van der Waals surface area contributed by atoms with E-state index in [4.69, 9.17) is 17.3 Å². The summed E-state index contributed by atoms with van der Waals surface area (Å²) in [4.78, 5) is 0. The Balaban J connectivity index is 2.72. The lowest BCUT2D eigenvalue weighted by molar-refractivity contribution is 0.349. The molecule has 2 N–H and O–H groups in total. The highest BCUT2D eigenvalue weighted by Crippen LogP contribution is 2.31. The molecule has 1 rings (SSSR count). The Morgan fingerprint density at radius 2 is 1.88 bits per heavy atom. The van der Waals surface area contributed by atoms with Crippen molar-refractivity contribution in [3.8, 4) is 0 Å². The molecule has 90 valence electrons. The molecule has 0 amide bonds. The van der Waals surface area contributed by atoms with Gasteiger partial charge < -0.3 is 5.73 Å².